The Kier molecular flexibility index (Phi) is 7.26. The third-order valence-electron chi connectivity index (χ3n) is 6.24. The number of hydrogen-bond donors (Lipinski definition) is 2. The van der Waals surface area contributed by atoms with E-state index < -0.39 is 27.5 Å². The van der Waals surface area contributed by atoms with Crippen molar-refractivity contribution in [2.24, 2.45) is 16.5 Å². The number of rotatable bonds is 5. The first-order valence-corrected chi connectivity index (χ1v) is 13.5. The van der Waals surface area contributed by atoms with E-state index in [0.717, 1.165) is 25.9 Å². The summed E-state index contributed by atoms with van der Waals surface area (Å²) in [4.78, 5) is 32.0. The van der Waals surface area contributed by atoms with Crippen LogP contribution in [0.4, 0.5) is 5.69 Å². The molecule has 0 aliphatic carbocycles. The largest absolute Gasteiger partial charge is 0.454 e. The Morgan fingerprint density at radius 1 is 1.14 bits per heavy atom. The number of anilines is 1. The number of aryl methyl sites for hydroxylation is 1. The quantitative estimate of drug-likeness (QED) is 0.440. The molecule has 36 heavy (non-hydrogen) atoms. The Morgan fingerprint density at radius 3 is 2.47 bits per heavy atom. The van der Waals surface area contributed by atoms with Crippen LogP contribution in [0.1, 0.15) is 41.3 Å². The van der Waals surface area contributed by atoms with Gasteiger partial charge in [-0.15, -0.1) is 0 Å². The Hall–Kier alpha value is -3.15. The van der Waals surface area contributed by atoms with Crippen molar-refractivity contribution in [2.75, 3.05) is 31.1 Å². The summed E-state index contributed by atoms with van der Waals surface area (Å²) in [6.07, 6.45) is 2.28. The number of halogens is 1. The maximum Gasteiger partial charge on any atom is 0.280 e. The maximum absolute atomic E-state index is 13.4. The van der Waals surface area contributed by atoms with Gasteiger partial charge in [-0.3, -0.25) is 9.59 Å². The molecule has 2 aromatic rings. The summed E-state index contributed by atoms with van der Waals surface area (Å²) in [5, 5.41) is 0.179. The van der Waals surface area contributed by atoms with Crippen LogP contribution in [-0.4, -0.2) is 57.3 Å². The number of hydrogen-bond acceptors (Lipinski definition) is 6. The molecule has 10 nitrogen and oxygen atoms in total. The van der Waals surface area contributed by atoms with Crippen LogP contribution in [0, 0.1) is 6.92 Å². The predicted octanol–water partition coefficient (Wildman–Crippen LogP) is 2.59. The molecular weight excluding hydrogens is 506 g/mol. The zero-order valence-corrected chi connectivity index (χ0v) is 21.7. The average molecular weight is 534 g/mol. The lowest BCUT2D eigenvalue weighted by molar-refractivity contribution is -0.116. The summed E-state index contributed by atoms with van der Waals surface area (Å²) >= 11 is 6.58. The monoisotopic (exact) mass is 533 g/mol. The molecule has 0 aromatic heterocycles. The van der Waals surface area contributed by atoms with Crippen molar-refractivity contribution in [3.05, 3.63) is 46.0 Å². The average Bonchev–Trinajstić information content (AvgIpc) is 3.25. The number of aliphatic imine (C=N–C) groups is 1. The topological polar surface area (TPSA) is 148 Å². The van der Waals surface area contributed by atoms with Gasteiger partial charge in [-0.1, -0.05) is 11.6 Å². The van der Waals surface area contributed by atoms with Crippen LogP contribution in [0.2, 0.25) is 5.02 Å². The fraction of sp³-hybridized carbons (Fsp3) is 0.375. The summed E-state index contributed by atoms with van der Waals surface area (Å²) in [7, 11) is -3.96. The van der Waals surface area contributed by atoms with Gasteiger partial charge < -0.3 is 26.0 Å². The molecule has 4 N–H and O–H groups in total. The highest BCUT2D eigenvalue weighted by Crippen LogP contribution is 2.45. The minimum atomic E-state index is -3.96. The van der Waals surface area contributed by atoms with Gasteiger partial charge in [0, 0.05) is 36.8 Å². The van der Waals surface area contributed by atoms with E-state index in [1.165, 1.54) is 19.1 Å². The van der Waals surface area contributed by atoms with Gasteiger partial charge in [-0.05, 0) is 62.7 Å². The van der Waals surface area contributed by atoms with Crippen molar-refractivity contribution >= 4 is 44.9 Å². The van der Waals surface area contributed by atoms with Crippen LogP contribution in [0.3, 0.4) is 0 Å². The number of likely N-dealkylation sites (tertiary alicyclic amines) is 1. The molecule has 0 unspecified atom stereocenters. The minimum Gasteiger partial charge on any atom is -0.454 e. The Bertz CT molecular complexity index is 1370. The molecule has 1 fully saturated rings. The van der Waals surface area contributed by atoms with E-state index in [0.29, 0.717) is 29.9 Å². The molecule has 0 spiro atoms. The lowest BCUT2D eigenvalue weighted by Crippen LogP contribution is -2.36. The van der Waals surface area contributed by atoms with E-state index in [9.17, 15) is 18.0 Å². The highest BCUT2D eigenvalue weighted by molar-refractivity contribution is 7.90. The summed E-state index contributed by atoms with van der Waals surface area (Å²) in [5.41, 5.74) is 11.8. The second-order valence-corrected chi connectivity index (χ2v) is 11.3. The van der Waals surface area contributed by atoms with Crippen LogP contribution in [0.15, 0.2) is 34.2 Å². The number of carbonyl (C=O) groups is 2. The van der Waals surface area contributed by atoms with E-state index in [1.54, 1.807) is 24.0 Å². The van der Waals surface area contributed by atoms with Crippen LogP contribution in [0.25, 0.3) is 0 Å². The Balaban J connectivity index is 1.73. The fourth-order valence-electron chi connectivity index (χ4n) is 4.52. The highest BCUT2D eigenvalue weighted by atomic mass is 35.5. The second-order valence-electron chi connectivity index (χ2n) is 8.96. The van der Waals surface area contributed by atoms with Gasteiger partial charge in [0.05, 0.1) is 10.8 Å². The van der Waals surface area contributed by atoms with Crippen molar-refractivity contribution in [3.63, 3.8) is 0 Å². The van der Waals surface area contributed by atoms with Gasteiger partial charge in [0.1, 0.15) is 16.4 Å². The van der Waals surface area contributed by atoms with Gasteiger partial charge in [0.15, 0.2) is 15.8 Å². The number of ether oxygens (including phenoxy) is 1. The smallest absolute Gasteiger partial charge is 0.280 e. The lowest BCUT2D eigenvalue weighted by Gasteiger charge is -2.25. The predicted molar refractivity (Wildman–Crippen MR) is 137 cm³/mol. The highest BCUT2D eigenvalue weighted by Gasteiger charge is 2.32. The van der Waals surface area contributed by atoms with Crippen molar-refractivity contribution < 1.29 is 22.7 Å². The van der Waals surface area contributed by atoms with Gasteiger partial charge in [0.25, 0.3) is 5.91 Å². The molecule has 2 aliphatic heterocycles. The first kappa shape index (κ1) is 25.9. The lowest BCUT2D eigenvalue weighted by atomic mass is 10.1. The number of amides is 2. The summed E-state index contributed by atoms with van der Waals surface area (Å²) < 4.78 is 32.9. The first-order valence-electron chi connectivity index (χ1n) is 11.5. The number of nitrogens with zero attached hydrogens (tertiary/aromatic N) is 3. The van der Waals surface area contributed by atoms with Gasteiger partial charge in [0.2, 0.25) is 5.91 Å². The number of fused-ring (bicyclic) bond motifs is 2. The normalized spacial score (nSPS) is 16.3. The third kappa shape index (κ3) is 5.32. The Morgan fingerprint density at radius 2 is 1.83 bits per heavy atom. The number of benzene rings is 2. The fourth-order valence-corrected chi connectivity index (χ4v) is 6.36. The molecule has 12 heteroatoms. The van der Waals surface area contributed by atoms with Crippen molar-refractivity contribution in [2.45, 2.75) is 37.3 Å². The Labute approximate surface area is 214 Å². The molecule has 2 amide bonds. The second kappa shape index (κ2) is 10.1. The van der Waals surface area contributed by atoms with E-state index in [1.807, 2.05) is 0 Å². The van der Waals surface area contributed by atoms with E-state index in [4.69, 9.17) is 27.8 Å². The molecule has 2 aliphatic rings. The van der Waals surface area contributed by atoms with E-state index in [-0.39, 0.29) is 32.9 Å². The molecule has 1 saturated heterocycles. The maximum atomic E-state index is 13.4. The number of nitrogens with two attached hydrogens (primary N) is 2. The zero-order chi connectivity index (χ0) is 26.2. The van der Waals surface area contributed by atoms with Crippen LogP contribution in [0.5, 0.6) is 11.5 Å². The van der Waals surface area contributed by atoms with E-state index in [2.05, 4.69) is 9.89 Å². The summed E-state index contributed by atoms with van der Waals surface area (Å²) in [5.74, 6) is -1.55. The van der Waals surface area contributed by atoms with E-state index >= 15 is 0 Å². The van der Waals surface area contributed by atoms with Crippen LogP contribution < -0.4 is 21.1 Å². The van der Waals surface area contributed by atoms with Gasteiger partial charge in [-0.25, -0.2) is 8.42 Å². The summed E-state index contributed by atoms with van der Waals surface area (Å²) in [6, 6.07) is 5.88. The standard InChI is InChI=1S/C24H28ClN5O5S/c1-14-9-16(23(32)28-24(26)27)11-20-21(14)35-22-17(13-36(20,33)34)10-18(12-19(22)25)30(15(2)31)8-7-29-5-3-4-6-29/h9-12H,3-8,13H2,1-2H3,(H4,26,27,28,32). The molecule has 0 saturated carbocycles. The number of carbonyl (C=O) groups excluding carboxylic acids is 2. The molecule has 0 atom stereocenters. The van der Waals surface area contributed by atoms with Gasteiger partial charge >= 0.3 is 0 Å². The molecule has 0 radical (unpaired) electrons. The third-order valence-corrected chi connectivity index (χ3v) is 8.18. The van der Waals surface area contributed by atoms with Crippen molar-refractivity contribution in [1.82, 2.24) is 4.90 Å². The molecule has 192 valence electrons. The first-order chi connectivity index (χ1) is 17.0. The molecule has 4 rings (SSSR count). The molecule has 2 heterocycles. The minimum absolute atomic E-state index is 0.00855. The molecular formula is C24H28ClN5O5S. The number of guanidine groups is 1. The van der Waals surface area contributed by atoms with Crippen LogP contribution >= 0.6 is 11.6 Å². The zero-order valence-electron chi connectivity index (χ0n) is 20.1. The molecule has 2 aromatic carbocycles. The van der Waals surface area contributed by atoms with Crippen molar-refractivity contribution in [1.29, 1.82) is 0 Å². The van der Waals surface area contributed by atoms with Gasteiger partial charge in [-0.2, -0.15) is 4.99 Å². The van der Waals surface area contributed by atoms with Crippen molar-refractivity contribution in [3.8, 4) is 11.5 Å². The van der Waals surface area contributed by atoms with Crippen LogP contribution in [-0.2, 0) is 20.4 Å². The number of sulfone groups is 1. The summed E-state index contributed by atoms with van der Waals surface area (Å²) in [6.45, 7) is 6.23. The SMILES string of the molecule is CC(=O)N(CCN1CCCC1)c1cc(Cl)c2c(c1)CS(=O)(=O)c1cc(C(=O)N=C(N)N)cc(C)c1O2. The molecule has 0 bridgehead atoms.